The van der Waals surface area contributed by atoms with E-state index in [1.165, 1.54) is 19.2 Å². The Hall–Kier alpha value is -3.59. The van der Waals surface area contributed by atoms with Crippen molar-refractivity contribution < 1.29 is 34.1 Å². The van der Waals surface area contributed by atoms with Gasteiger partial charge < -0.3 is 19.7 Å². The molecule has 0 spiro atoms. The number of carbonyl (C=O) groups excluding carboxylic acids is 2. The molecule has 0 saturated heterocycles. The Morgan fingerprint density at radius 2 is 1.64 bits per heavy atom. The molecule has 2 atom stereocenters. The van der Waals surface area contributed by atoms with E-state index in [4.69, 9.17) is 9.47 Å². The number of esters is 1. The number of aromatic hydroxyl groups is 1. The molecule has 0 aliphatic carbocycles. The molecule has 178 valence electrons. The maximum absolute atomic E-state index is 13.1. The number of hydrogen-bond acceptors (Lipinski definition) is 7. The van der Waals surface area contributed by atoms with Gasteiger partial charge in [0.25, 0.3) is 0 Å². The van der Waals surface area contributed by atoms with Gasteiger partial charge in [-0.15, -0.1) is 0 Å². The Bertz CT molecular complexity index is 957. The number of carboxylic acid groups (broad SMARTS) is 1. The van der Waals surface area contributed by atoms with Gasteiger partial charge in [0.15, 0.2) is 6.04 Å². The molecule has 0 aliphatic heterocycles. The van der Waals surface area contributed by atoms with Gasteiger partial charge in [0, 0.05) is 12.8 Å². The highest BCUT2D eigenvalue weighted by Crippen LogP contribution is 2.17. The number of aliphatic carboxylic acids is 1. The van der Waals surface area contributed by atoms with Crippen molar-refractivity contribution in [3.63, 3.8) is 0 Å². The zero-order chi connectivity index (χ0) is 24.6. The molecule has 2 aromatic carbocycles. The van der Waals surface area contributed by atoms with E-state index in [9.17, 15) is 24.6 Å². The van der Waals surface area contributed by atoms with Crippen LogP contribution in [0.3, 0.4) is 0 Å². The maximum Gasteiger partial charge on any atom is 0.425 e. The average Bonchev–Trinajstić information content (AvgIpc) is 2.74. The van der Waals surface area contributed by atoms with Gasteiger partial charge in [-0.05, 0) is 44.0 Å². The molecule has 2 aromatic rings. The third kappa shape index (κ3) is 8.12. The summed E-state index contributed by atoms with van der Waals surface area (Å²) < 4.78 is 10.4. The largest absolute Gasteiger partial charge is 0.508 e. The smallest absolute Gasteiger partial charge is 0.425 e. The third-order valence-corrected chi connectivity index (χ3v) is 4.59. The molecule has 0 bridgehead atoms. The lowest BCUT2D eigenvalue weighted by atomic mass is 10.0. The summed E-state index contributed by atoms with van der Waals surface area (Å²) in [6.45, 7) is 4.98. The fourth-order valence-electron chi connectivity index (χ4n) is 3.11. The van der Waals surface area contributed by atoms with Gasteiger partial charge in [0.05, 0.1) is 7.11 Å². The monoisotopic (exact) mass is 458 g/mol. The van der Waals surface area contributed by atoms with Gasteiger partial charge in [-0.2, -0.15) is 0 Å². The lowest BCUT2D eigenvalue weighted by molar-refractivity contribution is -0.151. The van der Waals surface area contributed by atoms with E-state index in [-0.39, 0.29) is 18.6 Å². The first-order valence-corrected chi connectivity index (χ1v) is 10.4. The number of hydrogen-bond donors (Lipinski definition) is 3. The van der Waals surface area contributed by atoms with Crippen LogP contribution in [0.5, 0.6) is 5.75 Å². The number of hydrazine groups is 1. The summed E-state index contributed by atoms with van der Waals surface area (Å²) in [5.74, 6) is -2.01. The molecule has 0 aromatic heterocycles. The minimum Gasteiger partial charge on any atom is -0.508 e. The van der Waals surface area contributed by atoms with Crippen molar-refractivity contribution in [1.29, 1.82) is 0 Å². The van der Waals surface area contributed by atoms with E-state index in [2.05, 4.69) is 5.43 Å². The van der Waals surface area contributed by atoms with E-state index >= 15 is 0 Å². The van der Waals surface area contributed by atoms with Gasteiger partial charge in [0.2, 0.25) is 0 Å². The van der Waals surface area contributed by atoms with Gasteiger partial charge in [0.1, 0.15) is 17.4 Å². The van der Waals surface area contributed by atoms with E-state index in [1.54, 1.807) is 57.2 Å². The minimum atomic E-state index is -1.30. The molecule has 0 heterocycles. The molecule has 33 heavy (non-hydrogen) atoms. The Kier molecular flexibility index (Phi) is 8.81. The number of carboxylic acids is 1. The highest BCUT2D eigenvalue weighted by atomic mass is 16.6. The highest BCUT2D eigenvalue weighted by molar-refractivity contribution is 5.82. The molecule has 0 fully saturated rings. The highest BCUT2D eigenvalue weighted by Gasteiger charge is 2.37. The second kappa shape index (κ2) is 11.3. The van der Waals surface area contributed by atoms with Crippen LogP contribution in [0.1, 0.15) is 31.9 Å². The predicted molar refractivity (Wildman–Crippen MR) is 120 cm³/mol. The average molecular weight is 459 g/mol. The number of phenolic OH excluding ortho intramolecular Hbond substituents is 1. The first kappa shape index (κ1) is 25.7. The molecular formula is C24H30N2O7. The Morgan fingerprint density at radius 1 is 1.00 bits per heavy atom. The van der Waals surface area contributed by atoms with Gasteiger partial charge in [-0.25, -0.2) is 20.0 Å². The van der Waals surface area contributed by atoms with Crippen LogP contribution in [0.25, 0.3) is 0 Å². The van der Waals surface area contributed by atoms with E-state index in [1.807, 2.05) is 6.07 Å². The number of nitrogens with one attached hydrogen (secondary N) is 1. The van der Waals surface area contributed by atoms with E-state index in [0.29, 0.717) is 5.56 Å². The van der Waals surface area contributed by atoms with Crippen LogP contribution in [0.15, 0.2) is 54.6 Å². The molecule has 1 amide bonds. The summed E-state index contributed by atoms with van der Waals surface area (Å²) in [6, 6.07) is 12.6. The van der Waals surface area contributed by atoms with Gasteiger partial charge in [-0.1, -0.05) is 42.5 Å². The number of nitrogens with zero attached hydrogens (tertiary/aromatic N) is 1. The van der Waals surface area contributed by atoms with Gasteiger partial charge >= 0.3 is 18.0 Å². The predicted octanol–water partition coefficient (Wildman–Crippen LogP) is 2.91. The quantitative estimate of drug-likeness (QED) is 0.387. The fraction of sp³-hybridized carbons (Fsp3) is 0.375. The summed E-state index contributed by atoms with van der Waals surface area (Å²) in [4.78, 5) is 37.8. The second-order valence-electron chi connectivity index (χ2n) is 8.47. The van der Waals surface area contributed by atoms with Crippen molar-refractivity contribution in [2.75, 3.05) is 7.11 Å². The number of benzene rings is 2. The number of carbonyl (C=O) groups is 3. The van der Waals surface area contributed by atoms with Crippen LogP contribution in [-0.4, -0.2) is 58.0 Å². The summed E-state index contributed by atoms with van der Waals surface area (Å²) in [5.41, 5.74) is 3.03. The first-order valence-electron chi connectivity index (χ1n) is 10.4. The van der Waals surface area contributed by atoms with Crippen molar-refractivity contribution >= 4 is 18.0 Å². The van der Waals surface area contributed by atoms with Crippen molar-refractivity contribution in [3.8, 4) is 5.75 Å². The number of methoxy groups -OCH3 is 1. The molecule has 0 radical (unpaired) electrons. The number of ether oxygens (including phenoxy) is 2. The van der Waals surface area contributed by atoms with Crippen LogP contribution in [0.4, 0.5) is 4.79 Å². The normalized spacial score (nSPS) is 13.0. The third-order valence-electron chi connectivity index (χ3n) is 4.59. The zero-order valence-corrected chi connectivity index (χ0v) is 19.1. The lowest BCUT2D eigenvalue weighted by Crippen LogP contribution is -2.60. The van der Waals surface area contributed by atoms with Crippen molar-refractivity contribution in [2.45, 2.75) is 51.3 Å². The summed E-state index contributed by atoms with van der Waals surface area (Å²) >= 11 is 0. The Balaban J connectivity index is 2.41. The second-order valence-corrected chi connectivity index (χ2v) is 8.47. The van der Waals surface area contributed by atoms with Crippen LogP contribution >= 0.6 is 0 Å². The Morgan fingerprint density at radius 3 is 2.18 bits per heavy atom. The maximum atomic E-state index is 13.1. The molecule has 9 heteroatoms. The molecule has 0 saturated carbocycles. The van der Waals surface area contributed by atoms with Crippen LogP contribution in [0.2, 0.25) is 0 Å². The SMILES string of the molecule is COC(=O)[C@H](Cc1ccccc1)N(N[C@@H](Cc1cccc(O)c1)C(=O)O)C(=O)OC(C)(C)C. The topological polar surface area (TPSA) is 125 Å². The summed E-state index contributed by atoms with van der Waals surface area (Å²) in [5, 5.41) is 20.4. The number of rotatable bonds is 9. The number of amides is 1. The number of phenols is 1. The molecule has 2 rings (SSSR count). The van der Waals surface area contributed by atoms with Crippen LogP contribution in [0, 0.1) is 0 Å². The first-order chi connectivity index (χ1) is 15.5. The molecule has 0 aliphatic rings. The standard InChI is InChI=1S/C24H30N2O7/c1-24(2,3)33-23(31)26(20(22(30)32-4)15-16-9-6-5-7-10-16)25-19(21(28)29)14-17-11-8-12-18(27)13-17/h5-13,19-20,25,27H,14-15H2,1-4H3,(H,28,29)/t19-,20-/m0/s1. The molecular weight excluding hydrogens is 428 g/mol. The Labute approximate surface area is 192 Å². The van der Waals surface area contributed by atoms with Crippen LogP contribution in [-0.2, 0) is 31.9 Å². The summed E-state index contributed by atoms with van der Waals surface area (Å²) in [7, 11) is 1.19. The minimum absolute atomic E-state index is 0.0165. The zero-order valence-electron chi connectivity index (χ0n) is 19.1. The molecule has 9 nitrogen and oxygen atoms in total. The lowest BCUT2D eigenvalue weighted by Gasteiger charge is -2.34. The molecule has 3 N–H and O–H groups in total. The van der Waals surface area contributed by atoms with Gasteiger partial charge in [-0.3, -0.25) is 4.79 Å². The van der Waals surface area contributed by atoms with Crippen molar-refractivity contribution in [2.24, 2.45) is 0 Å². The van der Waals surface area contributed by atoms with E-state index in [0.717, 1.165) is 10.6 Å². The van der Waals surface area contributed by atoms with Crippen molar-refractivity contribution in [1.82, 2.24) is 10.4 Å². The fourth-order valence-corrected chi connectivity index (χ4v) is 3.11. The van der Waals surface area contributed by atoms with Crippen LogP contribution < -0.4 is 5.43 Å². The van der Waals surface area contributed by atoms with Crippen molar-refractivity contribution in [3.05, 3.63) is 65.7 Å². The molecule has 0 unspecified atom stereocenters. The van der Waals surface area contributed by atoms with E-state index < -0.39 is 35.7 Å². The summed E-state index contributed by atoms with van der Waals surface area (Å²) in [6.07, 6.45) is -0.920.